The Kier molecular flexibility index (Phi) is 7.56. The number of imide groups is 1. The Balaban J connectivity index is 1.79. The van der Waals surface area contributed by atoms with Crippen molar-refractivity contribution in [1.29, 1.82) is 0 Å². The van der Waals surface area contributed by atoms with E-state index in [-0.39, 0.29) is 29.7 Å². The van der Waals surface area contributed by atoms with Crippen LogP contribution in [0.15, 0.2) is 23.1 Å². The molecule has 1 aromatic carbocycles. The zero-order chi connectivity index (χ0) is 22.4. The highest BCUT2D eigenvalue weighted by molar-refractivity contribution is 8.18. The molecule has 10 heteroatoms. The average molecular weight is 448 g/mol. The molecule has 2 heterocycles. The average Bonchev–Trinajstić information content (AvgIpc) is 3.05. The van der Waals surface area contributed by atoms with Gasteiger partial charge in [0.25, 0.3) is 11.1 Å². The molecule has 166 valence electrons. The Labute approximate surface area is 184 Å². The Morgan fingerprint density at radius 3 is 2.55 bits per heavy atom. The molecule has 0 aromatic heterocycles. The molecule has 3 amide bonds. The number of carbonyl (C=O) groups is 4. The molecule has 3 rings (SSSR count). The summed E-state index contributed by atoms with van der Waals surface area (Å²) in [5, 5.41) is -0.499. The Bertz CT molecular complexity index is 909. The second-order valence-corrected chi connectivity index (χ2v) is 7.95. The topological polar surface area (TPSA) is 102 Å². The lowest BCUT2D eigenvalue weighted by atomic mass is 10.1. The first kappa shape index (κ1) is 22.7. The number of likely N-dealkylation sites (tertiary alicyclic amines) is 1. The van der Waals surface area contributed by atoms with Gasteiger partial charge in [0.05, 0.1) is 19.1 Å². The molecule has 0 N–H and O–H groups in total. The molecular formula is C21H24N2O7S. The van der Waals surface area contributed by atoms with Crippen molar-refractivity contribution >= 4 is 40.9 Å². The summed E-state index contributed by atoms with van der Waals surface area (Å²) >= 11 is 0.756. The van der Waals surface area contributed by atoms with Gasteiger partial charge in [-0.1, -0.05) is 12.1 Å². The van der Waals surface area contributed by atoms with E-state index in [1.165, 1.54) is 20.3 Å². The van der Waals surface area contributed by atoms with Gasteiger partial charge >= 0.3 is 5.97 Å². The molecule has 0 spiro atoms. The van der Waals surface area contributed by atoms with Gasteiger partial charge < -0.3 is 19.1 Å². The van der Waals surface area contributed by atoms with Crippen LogP contribution in [-0.2, 0) is 19.1 Å². The van der Waals surface area contributed by atoms with E-state index in [9.17, 15) is 19.2 Å². The van der Waals surface area contributed by atoms with Crippen LogP contribution in [0.25, 0.3) is 6.08 Å². The van der Waals surface area contributed by atoms with Crippen molar-refractivity contribution in [3.05, 3.63) is 28.7 Å². The summed E-state index contributed by atoms with van der Waals surface area (Å²) in [5.74, 6) is -0.744. The number of esters is 1. The molecular weight excluding hydrogens is 424 g/mol. The maximum absolute atomic E-state index is 12.8. The third-order valence-electron chi connectivity index (χ3n) is 4.95. The summed E-state index contributed by atoms with van der Waals surface area (Å²) in [5.41, 5.74) is 0.455. The predicted octanol–water partition coefficient (Wildman–Crippen LogP) is 2.30. The number of carbonyl (C=O) groups excluding carboxylic acids is 4. The van der Waals surface area contributed by atoms with E-state index in [0.29, 0.717) is 24.4 Å². The molecule has 0 unspecified atom stereocenters. The van der Waals surface area contributed by atoms with Crippen molar-refractivity contribution in [1.82, 2.24) is 9.80 Å². The van der Waals surface area contributed by atoms with Crippen LogP contribution in [0.2, 0.25) is 0 Å². The minimum absolute atomic E-state index is 0.160. The molecule has 31 heavy (non-hydrogen) atoms. The zero-order valence-corrected chi connectivity index (χ0v) is 18.2. The van der Waals surface area contributed by atoms with E-state index in [0.717, 1.165) is 35.9 Å². The van der Waals surface area contributed by atoms with Crippen molar-refractivity contribution in [2.75, 3.05) is 40.5 Å². The summed E-state index contributed by atoms with van der Waals surface area (Å²) in [7, 11) is 2.69. The van der Waals surface area contributed by atoms with E-state index in [1.807, 2.05) is 0 Å². The third kappa shape index (κ3) is 5.38. The van der Waals surface area contributed by atoms with Crippen LogP contribution in [0.4, 0.5) is 4.79 Å². The highest BCUT2D eigenvalue weighted by atomic mass is 32.2. The number of thioether (sulfide) groups is 1. The summed E-state index contributed by atoms with van der Waals surface area (Å²) in [4.78, 5) is 52.0. The van der Waals surface area contributed by atoms with E-state index >= 15 is 0 Å². The zero-order valence-electron chi connectivity index (χ0n) is 17.4. The summed E-state index contributed by atoms with van der Waals surface area (Å²) in [6.45, 7) is 0.681. The first-order valence-corrected chi connectivity index (χ1v) is 10.7. The number of amides is 3. The molecule has 0 saturated carbocycles. The van der Waals surface area contributed by atoms with Crippen molar-refractivity contribution < 1.29 is 33.4 Å². The van der Waals surface area contributed by atoms with Gasteiger partial charge in [0, 0.05) is 18.7 Å². The number of nitrogens with zero attached hydrogens (tertiary/aromatic N) is 2. The molecule has 0 atom stereocenters. The second kappa shape index (κ2) is 10.3. The minimum atomic E-state index is -0.576. The SMILES string of the molecule is COC(=O)COc1c(/C=C2/SC(=O)N(CC(=O)N3CCCCC3)C2=O)cccc1OC. The van der Waals surface area contributed by atoms with Crippen molar-refractivity contribution in [2.45, 2.75) is 19.3 Å². The van der Waals surface area contributed by atoms with Crippen LogP contribution >= 0.6 is 11.8 Å². The van der Waals surface area contributed by atoms with Crippen LogP contribution in [-0.4, -0.2) is 73.3 Å². The maximum Gasteiger partial charge on any atom is 0.343 e. The smallest absolute Gasteiger partial charge is 0.343 e. The van der Waals surface area contributed by atoms with E-state index in [1.54, 1.807) is 23.1 Å². The number of methoxy groups -OCH3 is 2. The van der Waals surface area contributed by atoms with E-state index in [2.05, 4.69) is 4.74 Å². The number of para-hydroxylation sites is 1. The lowest BCUT2D eigenvalue weighted by molar-refractivity contribution is -0.143. The van der Waals surface area contributed by atoms with Crippen molar-refractivity contribution in [2.24, 2.45) is 0 Å². The molecule has 0 radical (unpaired) electrons. The third-order valence-corrected chi connectivity index (χ3v) is 5.86. The number of rotatable bonds is 7. The van der Waals surface area contributed by atoms with Gasteiger partial charge in [0.1, 0.15) is 6.54 Å². The summed E-state index contributed by atoms with van der Waals surface area (Å²) in [6, 6.07) is 5.01. The Hall–Kier alpha value is -3.01. The fourth-order valence-electron chi connectivity index (χ4n) is 3.31. The molecule has 0 bridgehead atoms. The van der Waals surface area contributed by atoms with Gasteiger partial charge in [-0.2, -0.15) is 0 Å². The monoisotopic (exact) mass is 448 g/mol. The molecule has 1 aromatic rings. The van der Waals surface area contributed by atoms with Gasteiger partial charge in [-0.25, -0.2) is 4.79 Å². The minimum Gasteiger partial charge on any atom is -0.493 e. The van der Waals surface area contributed by atoms with Gasteiger partial charge in [-0.3, -0.25) is 19.3 Å². The summed E-state index contributed by atoms with van der Waals surface area (Å²) < 4.78 is 15.4. The van der Waals surface area contributed by atoms with Gasteiger partial charge in [-0.05, 0) is 43.2 Å². The van der Waals surface area contributed by atoms with Crippen molar-refractivity contribution in [3.8, 4) is 11.5 Å². The highest BCUT2D eigenvalue weighted by Gasteiger charge is 2.37. The molecule has 2 fully saturated rings. The quantitative estimate of drug-likeness (QED) is 0.463. The highest BCUT2D eigenvalue weighted by Crippen LogP contribution is 2.37. The van der Waals surface area contributed by atoms with Gasteiger partial charge in [0.15, 0.2) is 18.1 Å². The predicted molar refractivity (Wildman–Crippen MR) is 114 cm³/mol. The number of piperidine rings is 1. The fourth-order valence-corrected chi connectivity index (χ4v) is 4.14. The number of hydrogen-bond acceptors (Lipinski definition) is 8. The first-order valence-electron chi connectivity index (χ1n) is 9.84. The van der Waals surface area contributed by atoms with Gasteiger partial charge in [0.2, 0.25) is 5.91 Å². The van der Waals surface area contributed by atoms with Crippen LogP contribution in [0, 0.1) is 0 Å². The number of benzene rings is 1. The Morgan fingerprint density at radius 1 is 1.13 bits per heavy atom. The lowest BCUT2D eigenvalue weighted by Crippen LogP contribution is -2.44. The molecule has 2 saturated heterocycles. The lowest BCUT2D eigenvalue weighted by Gasteiger charge is -2.27. The van der Waals surface area contributed by atoms with Crippen LogP contribution < -0.4 is 9.47 Å². The first-order chi connectivity index (χ1) is 14.9. The molecule has 0 aliphatic carbocycles. The maximum atomic E-state index is 12.8. The van der Waals surface area contributed by atoms with Crippen LogP contribution in [0.5, 0.6) is 11.5 Å². The second-order valence-electron chi connectivity index (χ2n) is 6.95. The molecule has 2 aliphatic rings. The fraction of sp³-hybridized carbons (Fsp3) is 0.429. The van der Waals surface area contributed by atoms with Crippen molar-refractivity contribution in [3.63, 3.8) is 0 Å². The standard InChI is InChI=1S/C21H24N2O7S/c1-28-15-8-6-7-14(19(15)30-13-18(25)29-2)11-16-20(26)23(21(27)31-16)12-17(24)22-9-4-3-5-10-22/h6-8,11H,3-5,9-10,12-13H2,1-2H3/b16-11+. The Morgan fingerprint density at radius 2 is 1.87 bits per heavy atom. The molecule has 2 aliphatic heterocycles. The van der Waals surface area contributed by atoms with E-state index < -0.39 is 17.1 Å². The number of hydrogen-bond donors (Lipinski definition) is 0. The number of ether oxygens (including phenoxy) is 3. The molecule has 9 nitrogen and oxygen atoms in total. The van der Waals surface area contributed by atoms with E-state index in [4.69, 9.17) is 9.47 Å². The largest absolute Gasteiger partial charge is 0.493 e. The normalized spacial score (nSPS) is 17.8. The van der Waals surface area contributed by atoms with Gasteiger partial charge in [-0.15, -0.1) is 0 Å². The summed E-state index contributed by atoms with van der Waals surface area (Å²) in [6.07, 6.45) is 4.43. The van der Waals surface area contributed by atoms with Crippen LogP contribution in [0.3, 0.4) is 0 Å². The van der Waals surface area contributed by atoms with Crippen LogP contribution in [0.1, 0.15) is 24.8 Å².